The summed E-state index contributed by atoms with van der Waals surface area (Å²) in [4.78, 5) is 30.4. The first kappa shape index (κ1) is 25.5. The lowest BCUT2D eigenvalue weighted by Crippen LogP contribution is -2.43. The van der Waals surface area contributed by atoms with Crippen LogP contribution in [0.2, 0.25) is 0 Å². The van der Waals surface area contributed by atoms with Gasteiger partial charge in [0, 0.05) is 13.1 Å². The van der Waals surface area contributed by atoms with Crippen molar-refractivity contribution in [3.8, 4) is 0 Å². The molecule has 3 aliphatic rings. The van der Waals surface area contributed by atoms with Crippen LogP contribution in [0.4, 0.5) is 22.8 Å². The Kier molecular flexibility index (Phi) is 6.60. The minimum atomic E-state index is -4.53. The van der Waals surface area contributed by atoms with Gasteiger partial charge in [-0.3, -0.25) is 0 Å². The smallest absolute Gasteiger partial charge is 0.410 e. The third kappa shape index (κ3) is 5.67. The number of oxazole rings is 1. The Hall–Kier alpha value is -3.76. The number of nitrogens with zero attached hydrogens (tertiary/aromatic N) is 2. The molecule has 0 spiro atoms. The number of alkyl carbamates (subject to hydrolysis) is 1. The molecule has 2 N–H and O–H groups in total. The number of carbonyl (C=O) groups excluding carboxylic acids is 2. The predicted octanol–water partition coefficient (Wildman–Crippen LogP) is 5.69. The van der Waals surface area contributed by atoms with Gasteiger partial charge in [-0.1, -0.05) is 36.4 Å². The molecule has 3 amide bonds. The number of ether oxygens (including phenoxy) is 1. The van der Waals surface area contributed by atoms with Crippen LogP contribution >= 0.6 is 0 Å². The van der Waals surface area contributed by atoms with Gasteiger partial charge in [0.15, 0.2) is 5.58 Å². The van der Waals surface area contributed by atoms with E-state index in [1.807, 2.05) is 30.3 Å². The van der Waals surface area contributed by atoms with Crippen LogP contribution in [0.3, 0.4) is 0 Å². The lowest BCUT2D eigenvalue weighted by Gasteiger charge is -2.25. The Morgan fingerprint density at radius 2 is 1.82 bits per heavy atom. The maximum atomic E-state index is 13.4. The number of halogens is 3. The third-order valence-corrected chi connectivity index (χ3v) is 7.75. The Morgan fingerprint density at radius 1 is 1.10 bits per heavy atom. The molecule has 1 aromatic heterocycles. The second-order valence-electron chi connectivity index (χ2n) is 10.7. The molecular formula is C28H29F3N4O4. The van der Waals surface area contributed by atoms with E-state index in [9.17, 15) is 22.8 Å². The minimum absolute atomic E-state index is 0.136. The van der Waals surface area contributed by atoms with Crippen LogP contribution in [0.1, 0.15) is 48.7 Å². The Bertz CT molecular complexity index is 1340. The fraction of sp³-hybridized carbons (Fsp3) is 0.464. The number of amides is 3. The van der Waals surface area contributed by atoms with Crippen molar-refractivity contribution in [2.75, 3.05) is 6.54 Å². The molecule has 8 nitrogen and oxygen atoms in total. The molecule has 1 saturated heterocycles. The second-order valence-corrected chi connectivity index (χ2v) is 10.7. The number of urea groups is 1. The molecule has 6 rings (SSSR count). The van der Waals surface area contributed by atoms with E-state index in [0.29, 0.717) is 34.4 Å². The molecule has 2 atom stereocenters. The van der Waals surface area contributed by atoms with Crippen LogP contribution in [0.15, 0.2) is 52.9 Å². The predicted molar refractivity (Wildman–Crippen MR) is 134 cm³/mol. The molecule has 2 aliphatic carbocycles. The highest BCUT2D eigenvalue weighted by molar-refractivity contribution is 5.78. The van der Waals surface area contributed by atoms with Gasteiger partial charge in [-0.2, -0.15) is 13.2 Å². The summed E-state index contributed by atoms with van der Waals surface area (Å²) in [5, 5.41) is 5.27. The van der Waals surface area contributed by atoms with Crippen molar-refractivity contribution in [1.82, 2.24) is 20.5 Å². The minimum Gasteiger partial charge on any atom is -0.445 e. The van der Waals surface area contributed by atoms with Gasteiger partial charge in [-0.05, 0) is 66.7 Å². The summed E-state index contributed by atoms with van der Waals surface area (Å²) in [6, 6.07) is 11.2. The molecule has 0 radical (unpaired) electrons. The van der Waals surface area contributed by atoms with Crippen molar-refractivity contribution in [3.05, 3.63) is 65.5 Å². The Morgan fingerprint density at radius 3 is 2.49 bits per heavy atom. The maximum Gasteiger partial charge on any atom is 0.410 e. The van der Waals surface area contributed by atoms with Crippen LogP contribution < -0.4 is 10.6 Å². The summed E-state index contributed by atoms with van der Waals surface area (Å²) < 4.78 is 51.8. The van der Waals surface area contributed by atoms with E-state index in [4.69, 9.17) is 9.15 Å². The first-order valence-corrected chi connectivity index (χ1v) is 13.2. The lowest BCUT2D eigenvalue weighted by molar-refractivity contribution is -0.169. The summed E-state index contributed by atoms with van der Waals surface area (Å²) in [5.41, 5.74) is 2.29. The summed E-state index contributed by atoms with van der Waals surface area (Å²) in [6.07, 6.45) is -0.750. The van der Waals surface area contributed by atoms with E-state index in [2.05, 4.69) is 15.6 Å². The van der Waals surface area contributed by atoms with Gasteiger partial charge < -0.3 is 24.7 Å². The molecule has 3 aromatic rings. The summed E-state index contributed by atoms with van der Waals surface area (Å²) in [6.45, 7) is -0.554. The van der Waals surface area contributed by atoms with Gasteiger partial charge in [0.1, 0.15) is 24.2 Å². The first-order valence-electron chi connectivity index (χ1n) is 13.2. The normalized spacial score (nSPS) is 20.4. The van der Waals surface area contributed by atoms with Crippen LogP contribution in [0.5, 0.6) is 0 Å². The van der Waals surface area contributed by atoms with Crippen molar-refractivity contribution < 1.29 is 31.9 Å². The molecule has 0 unspecified atom stereocenters. The number of aromatic nitrogens is 1. The summed E-state index contributed by atoms with van der Waals surface area (Å²) in [5.74, 6) is 1.46. The highest BCUT2D eigenvalue weighted by Gasteiger charge is 2.50. The van der Waals surface area contributed by atoms with Gasteiger partial charge in [0.25, 0.3) is 0 Å². The number of rotatable bonds is 9. The number of nitrogens with one attached hydrogen (secondary N) is 2. The zero-order chi connectivity index (χ0) is 27.1. The van der Waals surface area contributed by atoms with Crippen LogP contribution in [-0.2, 0) is 17.9 Å². The number of hydrogen-bond donors (Lipinski definition) is 2. The van der Waals surface area contributed by atoms with Crippen molar-refractivity contribution in [2.45, 2.75) is 57.1 Å². The van der Waals surface area contributed by atoms with Crippen LogP contribution in [-0.4, -0.2) is 40.8 Å². The lowest BCUT2D eigenvalue weighted by atomic mass is 9.89. The molecule has 39 heavy (non-hydrogen) atoms. The molecule has 3 fully saturated rings. The number of fused-ring (bicyclic) bond motifs is 1. The summed E-state index contributed by atoms with van der Waals surface area (Å²) in [7, 11) is 0. The van der Waals surface area contributed by atoms with Gasteiger partial charge in [-0.25, -0.2) is 14.6 Å². The van der Waals surface area contributed by atoms with Crippen molar-refractivity contribution in [1.29, 1.82) is 0 Å². The number of carbonyl (C=O) groups is 2. The monoisotopic (exact) mass is 542 g/mol. The summed E-state index contributed by atoms with van der Waals surface area (Å²) >= 11 is 0. The van der Waals surface area contributed by atoms with Crippen molar-refractivity contribution in [2.24, 2.45) is 17.8 Å². The Labute approximate surface area is 222 Å². The highest BCUT2D eigenvalue weighted by Crippen LogP contribution is 2.54. The van der Waals surface area contributed by atoms with E-state index in [0.717, 1.165) is 36.1 Å². The van der Waals surface area contributed by atoms with E-state index in [1.165, 1.54) is 0 Å². The van der Waals surface area contributed by atoms with Gasteiger partial charge in [-0.15, -0.1) is 0 Å². The molecule has 0 bridgehead atoms. The average Bonchev–Trinajstić information content (AvgIpc) is 3.84. The standard InChI is InChI=1S/C28H29F3N4O4/c29-28(30,31)22-13-32-26(36)35(22)14-17-6-11-21-20(12-17)33-25(39-21)24(23(18-7-8-18)19-9-10-19)34-27(37)38-15-16-4-2-1-3-5-16/h1-6,11-12,18-19,22-24H,7-10,13-15H2,(H,32,36)(H,34,37)/t22-,24+/m1/s1. The van der Waals surface area contributed by atoms with Crippen LogP contribution in [0, 0.1) is 17.8 Å². The fourth-order valence-electron chi connectivity index (χ4n) is 5.54. The molecule has 2 heterocycles. The number of alkyl halides is 3. The topological polar surface area (TPSA) is 96.7 Å². The Balaban J connectivity index is 1.23. The largest absolute Gasteiger partial charge is 0.445 e. The number of hydrogen-bond acceptors (Lipinski definition) is 5. The molecule has 2 saturated carbocycles. The average molecular weight is 543 g/mol. The van der Waals surface area contributed by atoms with Crippen molar-refractivity contribution in [3.63, 3.8) is 0 Å². The molecule has 11 heteroatoms. The zero-order valence-electron chi connectivity index (χ0n) is 21.1. The quantitative estimate of drug-likeness (QED) is 0.362. The van der Waals surface area contributed by atoms with Gasteiger partial charge in [0.05, 0.1) is 0 Å². The SMILES string of the molecule is O=C(N[C@H](c1nc2cc(CN3C(=O)NC[C@@H]3C(F)(F)F)ccc2o1)C(C1CC1)C1CC1)OCc1ccccc1. The third-order valence-electron chi connectivity index (χ3n) is 7.75. The van der Waals surface area contributed by atoms with E-state index in [1.54, 1.807) is 18.2 Å². The molecular weight excluding hydrogens is 513 g/mol. The van der Waals surface area contributed by atoms with E-state index >= 15 is 0 Å². The maximum absolute atomic E-state index is 13.4. The number of benzene rings is 2. The fourth-order valence-corrected chi connectivity index (χ4v) is 5.54. The molecule has 2 aromatic carbocycles. The second kappa shape index (κ2) is 10.1. The van der Waals surface area contributed by atoms with Gasteiger partial charge in [0.2, 0.25) is 5.89 Å². The molecule has 206 valence electrons. The van der Waals surface area contributed by atoms with Gasteiger partial charge >= 0.3 is 18.3 Å². The van der Waals surface area contributed by atoms with E-state index < -0.39 is 36.9 Å². The van der Waals surface area contributed by atoms with Crippen molar-refractivity contribution >= 4 is 23.2 Å². The first-order chi connectivity index (χ1) is 18.8. The zero-order valence-corrected chi connectivity index (χ0v) is 21.1. The van der Waals surface area contributed by atoms with Crippen LogP contribution in [0.25, 0.3) is 11.1 Å². The molecule has 1 aliphatic heterocycles. The van der Waals surface area contributed by atoms with E-state index in [-0.39, 0.29) is 19.1 Å². The highest BCUT2D eigenvalue weighted by atomic mass is 19.4.